The molecule has 1 aliphatic rings. The predicted molar refractivity (Wildman–Crippen MR) is 229 cm³/mol. The smallest absolute Gasteiger partial charge is 0.306 e. The molecule has 338 valence electrons. The average molecular weight is 845 g/mol. The number of aliphatic hydroxyl groups is 3. The summed E-state index contributed by atoms with van der Waals surface area (Å²) in [5.41, 5.74) is 0. The van der Waals surface area contributed by atoms with Gasteiger partial charge in [-0.05, 0) is 51.4 Å². The summed E-state index contributed by atoms with van der Waals surface area (Å²) >= 11 is 0. The number of rotatable bonds is 37. The molecule has 0 bridgehead atoms. The lowest BCUT2D eigenvalue weighted by Crippen LogP contribution is -2.60. The van der Waals surface area contributed by atoms with E-state index >= 15 is 0 Å². The molecule has 0 saturated carbocycles. The third-order valence-electron chi connectivity index (χ3n) is 10.2. The first-order chi connectivity index (χ1) is 28.0. The molecule has 0 radical (unpaired) electrons. The fourth-order valence-corrected chi connectivity index (χ4v) is 7.37. The van der Waals surface area contributed by atoms with Gasteiger partial charge in [0, 0.05) is 12.8 Å². The highest BCUT2D eigenvalue weighted by Crippen LogP contribution is 2.24. The van der Waals surface area contributed by atoms with Gasteiger partial charge in [-0.3, -0.25) is 14.1 Å². The molecular weight excluding hydrogens is 765 g/mol. The van der Waals surface area contributed by atoms with Crippen LogP contribution in [0.4, 0.5) is 0 Å². The molecule has 0 aromatic rings. The summed E-state index contributed by atoms with van der Waals surface area (Å²) in [6.45, 7) is 3.71. The van der Waals surface area contributed by atoms with Crippen molar-refractivity contribution in [3.05, 3.63) is 36.5 Å². The Balaban J connectivity index is 2.45. The van der Waals surface area contributed by atoms with Gasteiger partial charge in [0.25, 0.3) is 10.1 Å². The van der Waals surface area contributed by atoms with Crippen LogP contribution >= 0.6 is 0 Å². The zero-order valence-electron chi connectivity index (χ0n) is 35.9. The van der Waals surface area contributed by atoms with Crippen molar-refractivity contribution >= 4 is 22.1 Å². The fraction of sp³-hybridized carbons (Fsp3) is 0.822. The normalized spacial score (nSPS) is 20.7. The van der Waals surface area contributed by atoms with Gasteiger partial charge in [-0.2, -0.15) is 8.42 Å². The molecule has 1 heterocycles. The summed E-state index contributed by atoms with van der Waals surface area (Å²) in [7, 11) is -4.60. The quantitative estimate of drug-likeness (QED) is 0.0202. The van der Waals surface area contributed by atoms with Crippen molar-refractivity contribution in [3.8, 4) is 0 Å². The van der Waals surface area contributed by atoms with Crippen molar-refractivity contribution in [2.75, 3.05) is 19.0 Å². The van der Waals surface area contributed by atoms with E-state index in [-0.39, 0.29) is 19.4 Å². The van der Waals surface area contributed by atoms with E-state index in [0.717, 1.165) is 70.6 Å². The van der Waals surface area contributed by atoms with E-state index in [1.165, 1.54) is 70.6 Å². The lowest BCUT2D eigenvalue weighted by Gasteiger charge is -2.40. The first-order valence-electron chi connectivity index (χ1n) is 22.5. The minimum absolute atomic E-state index is 0.151. The van der Waals surface area contributed by atoms with Crippen molar-refractivity contribution in [1.29, 1.82) is 0 Å². The largest absolute Gasteiger partial charge is 0.462 e. The molecule has 1 fully saturated rings. The van der Waals surface area contributed by atoms with Gasteiger partial charge in [0.2, 0.25) is 0 Å². The van der Waals surface area contributed by atoms with Gasteiger partial charge in [0.15, 0.2) is 12.4 Å². The van der Waals surface area contributed by atoms with Crippen LogP contribution in [0.5, 0.6) is 0 Å². The molecule has 12 nitrogen and oxygen atoms in total. The van der Waals surface area contributed by atoms with Gasteiger partial charge in [-0.1, -0.05) is 153 Å². The van der Waals surface area contributed by atoms with Gasteiger partial charge in [-0.15, -0.1) is 0 Å². The Hall–Kier alpha value is -2.13. The zero-order valence-corrected chi connectivity index (χ0v) is 36.7. The average Bonchev–Trinajstić information content (AvgIpc) is 3.18. The van der Waals surface area contributed by atoms with Crippen LogP contribution in [0.2, 0.25) is 0 Å². The van der Waals surface area contributed by atoms with Crippen molar-refractivity contribution in [2.45, 2.75) is 218 Å². The van der Waals surface area contributed by atoms with E-state index < -0.39 is 71.2 Å². The second-order valence-corrected chi connectivity index (χ2v) is 17.2. The van der Waals surface area contributed by atoms with Crippen LogP contribution in [0, 0.1) is 0 Å². The second-order valence-electron chi connectivity index (χ2n) is 15.7. The van der Waals surface area contributed by atoms with Gasteiger partial charge < -0.3 is 34.3 Å². The minimum Gasteiger partial charge on any atom is -0.462 e. The Labute approximate surface area is 351 Å². The highest BCUT2D eigenvalue weighted by Gasteiger charge is 2.46. The Morgan fingerprint density at radius 2 is 1.03 bits per heavy atom. The van der Waals surface area contributed by atoms with Crippen LogP contribution in [-0.2, 0) is 38.7 Å². The first-order valence-corrected chi connectivity index (χ1v) is 24.2. The maximum atomic E-state index is 12.8. The van der Waals surface area contributed by atoms with Crippen molar-refractivity contribution in [2.24, 2.45) is 0 Å². The van der Waals surface area contributed by atoms with Crippen LogP contribution < -0.4 is 0 Å². The summed E-state index contributed by atoms with van der Waals surface area (Å²) < 4.78 is 54.0. The second kappa shape index (κ2) is 35.6. The van der Waals surface area contributed by atoms with Gasteiger partial charge in [0.05, 0.1) is 6.61 Å². The first kappa shape index (κ1) is 53.9. The van der Waals surface area contributed by atoms with Crippen LogP contribution in [-0.4, -0.2) is 96.0 Å². The molecule has 58 heavy (non-hydrogen) atoms. The lowest BCUT2D eigenvalue weighted by molar-refractivity contribution is -0.297. The standard InChI is InChI=1S/C45H80O12S/c1-3-5-7-9-11-13-15-16-17-18-19-20-21-22-24-26-28-30-32-34-41(47)56-38(35-54-40(46)33-31-29-27-25-23-14-12-10-8-6-4-2)36-55-45-44(50)43(49)42(48)39(57-45)37-58(51,52)53/h11,13,16-17,19-20,38-39,42-45,48-50H,3-10,12,14-15,18,21-37H2,1-2H3,(H,51,52,53)/b13-11-,17-16-,20-19-. The molecule has 0 aromatic heterocycles. The molecular formula is C45H80O12S. The van der Waals surface area contributed by atoms with Crippen LogP contribution in [0.25, 0.3) is 0 Å². The molecule has 1 rings (SSSR count). The number of allylic oxidation sites excluding steroid dienone is 6. The number of ether oxygens (including phenoxy) is 4. The summed E-state index contributed by atoms with van der Waals surface area (Å²) in [6, 6.07) is 0. The molecule has 4 N–H and O–H groups in total. The number of aliphatic hydroxyl groups excluding tert-OH is 3. The molecule has 6 unspecified atom stereocenters. The Kier molecular flexibility index (Phi) is 33.1. The summed E-state index contributed by atoms with van der Waals surface area (Å²) in [5.74, 6) is -2.00. The Morgan fingerprint density at radius 3 is 1.57 bits per heavy atom. The minimum atomic E-state index is -4.60. The maximum Gasteiger partial charge on any atom is 0.306 e. The van der Waals surface area contributed by atoms with E-state index in [4.69, 9.17) is 18.9 Å². The highest BCUT2D eigenvalue weighted by atomic mass is 32.2. The Bertz CT molecular complexity index is 1220. The molecule has 1 aliphatic heterocycles. The number of carbonyl (C=O) groups is 2. The predicted octanol–water partition coefficient (Wildman–Crippen LogP) is 9.00. The van der Waals surface area contributed by atoms with Crippen molar-refractivity contribution in [3.63, 3.8) is 0 Å². The molecule has 0 amide bonds. The summed E-state index contributed by atoms with van der Waals surface area (Å²) in [5, 5.41) is 30.8. The molecule has 6 atom stereocenters. The summed E-state index contributed by atoms with van der Waals surface area (Å²) in [4.78, 5) is 25.4. The lowest BCUT2D eigenvalue weighted by atomic mass is 10.00. The molecule has 0 aliphatic carbocycles. The number of hydrogen-bond acceptors (Lipinski definition) is 11. The monoisotopic (exact) mass is 845 g/mol. The maximum absolute atomic E-state index is 12.8. The van der Waals surface area contributed by atoms with E-state index in [1.807, 2.05) is 0 Å². The molecule has 0 spiro atoms. The zero-order chi connectivity index (χ0) is 42.7. The number of carbonyl (C=O) groups excluding carboxylic acids is 2. The van der Waals surface area contributed by atoms with Gasteiger partial charge in [-0.25, -0.2) is 0 Å². The SMILES string of the molecule is CCCCC/C=C\C/C=C\C/C=C\CCCCCCCCC(=O)OC(COC(=O)CCCCCCCCCCCCC)COC1OC(CS(=O)(=O)O)C(O)C(O)C1O. The number of hydrogen-bond donors (Lipinski definition) is 4. The Morgan fingerprint density at radius 1 is 0.586 bits per heavy atom. The van der Waals surface area contributed by atoms with Crippen molar-refractivity contribution in [1.82, 2.24) is 0 Å². The van der Waals surface area contributed by atoms with E-state index in [1.54, 1.807) is 0 Å². The summed E-state index contributed by atoms with van der Waals surface area (Å²) in [6.07, 6.45) is 30.4. The molecule has 0 aromatic carbocycles. The van der Waals surface area contributed by atoms with Gasteiger partial charge in [0.1, 0.15) is 36.8 Å². The third kappa shape index (κ3) is 30.0. The number of esters is 2. The van der Waals surface area contributed by atoms with Crippen LogP contribution in [0.15, 0.2) is 36.5 Å². The fourth-order valence-electron chi connectivity index (χ4n) is 6.68. The molecule has 13 heteroatoms. The van der Waals surface area contributed by atoms with Crippen molar-refractivity contribution < 1.29 is 56.8 Å². The topological polar surface area (TPSA) is 186 Å². The molecule has 1 saturated heterocycles. The van der Waals surface area contributed by atoms with E-state index in [2.05, 4.69) is 50.3 Å². The van der Waals surface area contributed by atoms with Crippen LogP contribution in [0.3, 0.4) is 0 Å². The van der Waals surface area contributed by atoms with Gasteiger partial charge >= 0.3 is 11.9 Å². The third-order valence-corrected chi connectivity index (χ3v) is 11.0. The van der Waals surface area contributed by atoms with E-state index in [9.17, 15) is 37.9 Å². The highest BCUT2D eigenvalue weighted by molar-refractivity contribution is 7.85. The van der Waals surface area contributed by atoms with Crippen LogP contribution in [0.1, 0.15) is 181 Å². The van der Waals surface area contributed by atoms with E-state index in [0.29, 0.717) is 12.8 Å². The number of unbranched alkanes of at least 4 members (excludes halogenated alkanes) is 19.